The zero-order chi connectivity index (χ0) is 22.6. The third-order valence-electron chi connectivity index (χ3n) is 5.56. The number of thiazole rings is 1. The van der Waals surface area contributed by atoms with Gasteiger partial charge >= 0.3 is 0 Å². The van der Waals surface area contributed by atoms with Crippen LogP contribution in [0, 0.1) is 5.82 Å². The minimum atomic E-state index is -0.973. The smallest absolute Gasteiger partial charge is 0.256 e. The van der Waals surface area contributed by atoms with Crippen molar-refractivity contribution in [1.82, 2.24) is 14.8 Å². The van der Waals surface area contributed by atoms with Crippen LogP contribution in [0.2, 0.25) is 0 Å². The van der Waals surface area contributed by atoms with E-state index in [4.69, 9.17) is 9.47 Å². The molecule has 172 valence electrons. The number of carbonyl (C=O) groups is 2. The van der Waals surface area contributed by atoms with Gasteiger partial charge in [-0.15, -0.1) is 11.3 Å². The standard InChI is InChI=1S/C22H27FN4O4S/c1-22(20(29)27-7-9-30-10-8-27)15-26(6-11-31-22)14-19(28)25-21-24-13-18(32-21)12-16-2-4-17(23)5-3-16/h2-5,13H,6-12,14-15H2,1H3,(H,24,25,28). The van der Waals surface area contributed by atoms with Gasteiger partial charge in [0.15, 0.2) is 10.7 Å². The molecule has 0 radical (unpaired) electrons. The number of carbonyl (C=O) groups excluding carboxylic acids is 2. The molecular formula is C22H27FN4O4S. The first-order valence-electron chi connectivity index (χ1n) is 10.6. The molecule has 1 aromatic heterocycles. The monoisotopic (exact) mass is 462 g/mol. The van der Waals surface area contributed by atoms with Crippen molar-refractivity contribution in [3.8, 4) is 0 Å². The Bertz CT molecular complexity index is 948. The molecule has 1 N–H and O–H groups in total. The SMILES string of the molecule is CC1(C(=O)N2CCOCC2)CN(CC(=O)Nc2ncc(Cc3ccc(F)cc3)s2)CCO1. The van der Waals surface area contributed by atoms with Gasteiger partial charge in [-0.25, -0.2) is 9.37 Å². The summed E-state index contributed by atoms with van der Waals surface area (Å²) in [5.74, 6) is -0.510. The number of hydrogen-bond acceptors (Lipinski definition) is 7. The Labute approximate surface area is 190 Å². The Hall–Kier alpha value is -2.40. The summed E-state index contributed by atoms with van der Waals surface area (Å²) in [6, 6.07) is 6.33. The van der Waals surface area contributed by atoms with Crippen LogP contribution in [0.3, 0.4) is 0 Å². The molecule has 1 aromatic carbocycles. The molecule has 3 heterocycles. The van der Waals surface area contributed by atoms with Crippen molar-refractivity contribution in [2.45, 2.75) is 18.9 Å². The number of benzene rings is 1. The van der Waals surface area contributed by atoms with Crippen LogP contribution in [0.4, 0.5) is 9.52 Å². The van der Waals surface area contributed by atoms with Crippen LogP contribution >= 0.6 is 11.3 Å². The first-order valence-corrected chi connectivity index (χ1v) is 11.5. The third kappa shape index (κ3) is 5.69. The Kier molecular flexibility index (Phi) is 7.14. The Balaban J connectivity index is 1.29. The fourth-order valence-electron chi connectivity index (χ4n) is 3.93. The van der Waals surface area contributed by atoms with E-state index in [-0.39, 0.29) is 24.2 Å². The molecule has 1 atom stereocenters. The molecule has 32 heavy (non-hydrogen) atoms. The maximum Gasteiger partial charge on any atom is 0.256 e. The highest BCUT2D eigenvalue weighted by Gasteiger charge is 2.42. The molecule has 8 nitrogen and oxygen atoms in total. The van der Waals surface area contributed by atoms with Crippen molar-refractivity contribution in [3.63, 3.8) is 0 Å². The number of anilines is 1. The van der Waals surface area contributed by atoms with E-state index in [1.165, 1.54) is 23.5 Å². The van der Waals surface area contributed by atoms with E-state index in [0.29, 0.717) is 57.6 Å². The average Bonchev–Trinajstić information content (AvgIpc) is 3.22. The number of halogens is 1. The van der Waals surface area contributed by atoms with Gasteiger partial charge < -0.3 is 19.7 Å². The Morgan fingerprint density at radius 1 is 1.19 bits per heavy atom. The van der Waals surface area contributed by atoms with E-state index in [2.05, 4.69) is 10.3 Å². The molecular weight excluding hydrogens is 435 g/mol. The fourth-order valence-corrected chi connectivity index (χ4v) is 4.79. The van der Waals surface area contributed by atoms with Crippen LogP contribution < -0.4 is 5.32 Å². The minimum Gasteiger partial charge on any atom is -0.378 e. The van der Waals surface area contributed by atoms with Crippen LogP contribution in [0.5, 0.6) is 0 Å². The summed E-state index contributed by atoms with van der Waals surface area (Å²) in [6.07, 6.45) is 2.34. The zero-order valence-corrected chi connectivity index (χ0v) is 18.8. The third-order valence-corrected chi connectivity index (χ3v) is 6.48. The highest BCUT2D eigenvalue weighted by Crippen LogP contribution is 2.23. The quantitative estimate of drug-likeness (QED) is 0.705. The largest absolute Gasteiger partial charge is 0.378 e. The van der Waals surface area contributed by atoms with E-state index in [1.807, 2.05) is 4.90 Å². The molecule has 10 heteroatoms. The summed E-state index contributed by atoms with van der Waals surface area (Å²) >= 11 is 1.39. The minimum absolute atomic E-state index is 0.0590. The molecule has 2 fully saturated rings. The molecule has 4 rings (SSSR count). The summed E-state index contributed by atoms with van der Waals surface area (Å²) in [4.78, 5) is 34.5. The lowest BCUT2D eigenvalue weighted by atomic mass is 10.0. The van der Waals surface area contributed by atoms with Crippen LogP contribution in [-0.2, 0) is 25.5 Å². The van der Waals surface area contributed by atoms with E-state index >= 15 is 0 Å². The summed E-state index contributed by atoms with van der Waals surface area (Å²) < 4.78 is 24.2. The maximum atomic E-state index is 13.1. The second-order valence-electron chi connectivity index (χ2n) is 8.18. The summed E-state index contributed by atoms with van der Waals surface area (Å²) in [6.45, 7) is 5.44. The van der Waals surface area contributed by atoms with E-state index < -0.39 is 5.60 Å². The molecule has 2 aliphatic heterocycles. The topological polar surface area (TPSA) is 84.0 Å². The zero-order valence-electron chi connectivity index (χ0n) is 18.0. The molecule has 2 saturated heterocycles. The molecule has 2 aromatic rings. The van der Waals surface area contributed by atoms with Crippen molar-refractivity contribution in [2.75, 3.05) is 57.9 Å². The number of nitrogens with one attached hydrogen (secondary N) is 1. The molecule has 0 bridgehead atoms. The summed E-state index contributed by atoms with van der Waals surface area (Å²) in [7, 11) is 0. The van der Waals surface area contributed by atoms with Crippen molar-refractivity contribution in [2.24, 2.45) is 0 Å². The Morgan fingerprint density at radius 2 is 1.94 bits per heavy atom. The fraction of sp³-hybridized carbons (Fsp3) is 0.500. The van der Waals surface area contributed by atoms with Gasteiger partial charge in [0.25, 0.3) is 5.91 Å². The lowest BCUT2D eigenvalue weighted by molar-refractivity contribution is -0.171. The second-order valence-corrected chi connectivity index (χ2v) is 9.29. The van der Waals surface area contributed by atoms with Gasteiger partial charge in [-0.2, -0.15) is 0 Å². The molecule has 0 spiro atoms. The predicted octanol–water partition coefficient (Wildman–Crippen LogP) is 1.76. The highest BCUT2D eigenvalue weighted by molar-refractivity contribution is 7.15. The summed E-state index contributed by atoms with van der Waals surface area (Å²) in [5.41, 5.74) is 0.00444. The lowest BCUT2D eigenvalue weighted by Crippen LogP contribution is -2.61. The van der Waals surface area contributed by atoms with Crippen molar-refractivity contribution >= 4 is 28.3 Å². The number of ether oxygens (including phenoxy) is 2. The van der Waals surface area contributed by atoms with Crippen molar-refractivity contribution in [3.05, 3.63) is 46.7 Å². The molecule has 1 unspecified atom stereocenters. The van der Waals surface area contributed by atoms with Gasteiger partial charge in [0.05, 0.1) is 26.4 Å². The van der Waals surface area contributed by atoms with Crippen molar-refractivity contribution in [1.29, 1.82) is 0 Å². The molecule has 2 amide bonds. The van der Waals surface area contributed by atoms with Gasteiger partial charge in [0.1, 0.15) is 5.82 Å². The second kappa shape index (κ2) is 10.0. The highest BCUT2D eigenvalue weighted by atomic mass is 32.1. The number of hydrogen-bond donors (Lipinski definition) is 1. The van der Waals surface area contributed by atoms with Gasteiger partial charge in [0, 0.05) is 43.7 Å². The lowest BCUT2D eigenvalue weighted by Gasteiger charge is -2.42. The first-order chi connectivity index (χ1) is 15.4. The van der Waals surface area contributed by atoms with Gasteiger partial charge in [-0.05, 0) is 24.6 Å². The van der Waals surface area contributed by atoms with E-state index in [9.17, 15) is 14.0 Å². The number of aromatic nitrogens is 1. The first kappa shape index (κ1) is 22.8. The van der Waals surface area contributed by atoms with Crippen LogP contribution in [-0.4, -0.2) is 84.7 Å². The normalized spacial score (nSPS) is 22.0. The van der Waals surface area contributed by atoms with E-state index in [0.717, 1.165) is 10.4 Å². The van der Waals surface area contributed by atoms with Gasteiger partial charge in [-0.1, -0.05) is 12.1 Å². The number of amides is 2. The van der Waals surface area contributed by atoms with E-state index in [1.54, 1.807) is 30.2 Å². The van der Waals surface area contributed by atoms with Crippen LogP contribution in [0.25, 0.3) is 0 Å². The maximum absolute atomic E-state index is 13.1. The molecule has 2 aliphatic rings. The molecule has 0 aliphatic carbocycles. The van der Waals surface area contributed by atoms with Crippen LogP contribution in [0.15, 0.2) is 30.5 Å². The van der Waals surface area contributed by atoms with Gasteiger partial charge in [0.2, 0.25) is 5.91 Å². The average molecular weight is 463 g/mol. The number of morpholine rings is 2. The predicted molar refractivity (Wildman–Crippen MR) is 118 cm³/mol. The number of nitrogens with zero attached hydrogens (tertiary/aromatic N) is 3. The summed E-state index contributed by atoms with van der Waals surface area (Å²) in [5, 5.41) is 3.36. The number of rotatable bonds is 6. The van der Waals surface area contributed by atoms with Crippen molar-refractivity contribution < 1.29 is 23.5 Å². The Morgan fingerprint density at radius 3 is 2.69 bits per heavy atom. The van der Waals surface area contributed by atoms with Crippen LogP contribution in [0.1, 0.15) is 17.4 Å². The van der Waals surface area contributed by atoms with Gasteiger partial charge in [-0.3, -0.25) is 14.5 Å². The molecule has 0 saturated carbocycles.